The summed E-state index contributed by atoms with van der Waals surface area (Å²) in [7, 11) is 2.25. The molecule has 2 rings (SSSR count). The van der Waals surface area contributed by atoms with Crippen LogP contribution in [-0.2, 0) is 9.53 Å². The molecule has 0 aromatic heterocycles. The van der Waals surface area contributed by atoms with E-state index in [-0.39, 0.29) is 0 Å². The lowest BCUT2D eigenvalue weighted by Gasteiger charge is -2.32. The highest BCUT2D eigenvalue weighted by Crippen LogP contribution is 2.25. The Morgan fingerprint density at radius 3 is 2.27 bits per heavy atom. The van der Waals surface area contributed by atoms with Crippen molar-refractivity contribution < 1.29 is 27.8 Å². The summed E-state index contributed by atoms with van der Waals surface area (Å²) in [6.07, 6.45) is -2.73. The maximum absolute atomic E-state index is 10.6. The topological polar surface area (TPSA) is 49.8 Å². The molecule has 0 amide bonds. The Balaban J connectivity index is 0.000000412. The maximum Gasteiger partial charge on any atom is 0.490 e. The second-order valence-electron chi connectivity index (χ2n) is 6.33. The highest BCUT2D eigenvalue weighted by molar-refractivity contribution is 8.00. The van der Waals surface area contributed by atoms with E-state index in [9.17, 15) is 13.2 Å². The van der Waals surface area contributed by atoms with Crippen molar-refractivity contribution >= 4 is 17.7 Å². The zero-order chi connectivity index (χ0) is 19.7. The number of thioether (sulfide) groups is 1. The molecule has 1 aromatic rings. The number of aliphatic carboxylic acids is 1. The predicted molar refractivity (Wildman–Crippen MR) is 96.7 cm³/mol. The maximum atomic E-state index is 10.6. The first-order valence-electron chi connectivity index (χ1n) is 8.41. The standard InChI is InChI=1S/C16H25NOS.C2HF3O2/c1-13-4-6-16(7-5-13)19-14(2)12-17(3)15-8-10-18-11-9-15;3-2(4,5)1(6)7/h4-7,14-15H,8-12H2,1-3H3;(H,6,7). The first kappa shape index (κ1) is 22.8. The second-order valence-corrected chi connectivity index (χ2v) is 7.84. The van der Waals surface area contributed by atoms with Crippen molar-refractivity contribution in [2.75, 3.05) is 26.8 Å². The molecule has 0 aliphatic carbocycles. The van der Waals surface area contributed by atoms with E-state index in [1.54, 1.807) is 0 Å². The van der Waals surface area contributed by atoms with Gasteiger partial charge in [-0.15, -0.1) is 11.8 Å². The molecule has 0 radical (unpaired) electrons. The molecular weight excluding hydrogens is 367 g/mol. The Hall–Kier alpha value is -1.25. The highest BCUT2D eigenvalue weighted by Gasteiger charge is 2.38. The van der Waals surface area contributed by atoms with Gasteiger partial charge in [-0.3, -0.25) is 0 Å². The van der Waals surface area contributed by atoms with Crippen molar-refractivity contribution in [3.63, 3.8) is 0 Å². The largest absolute Gasteiger partial charge is 0.490 e. The van der Waals surface area contributed by atoms with E-state index in [0.717, 1.165) is 19.8 Å². The molecule has 1 unspecified atom stereocenters. The number of benzene rings is 1. The van der Waals surface area contributed by atoms with E-state index in [4.69, 9.17) is 14.6 Å². The Morgan fingerprint density at radius 2 is 1.81 bits per heavy atom. The monoisotopic (exact) mass is 393 g/mol. The Kier molecular flexibility index (Phi) is 9.46. The third kappa shape index (κ3) is 8.91. The van der Waals surface area contributed by atoms with Crippen LogP contribution in [0.5, 0.6) is 0 Å². The fourth-order valence-electron chi connectivity index (χ4n) is 2.57. The molecule has 1 aliphatic heterocycles. The van der Waals surface area contributed by atoms with Crippen LogP contribution in [0.2, 0.25) is 0 Å². The van der Waals surface area contributed by atoms with E-state index in [1.165, 1.54) is 23.3 Å². The fraction of sp³-hybridized carbons (Fsp3) is 0.611. The number of rotatable bonds is 5. The third-order valence-corrected chi connectivity index (χ3v) is 5.06. The van der Waals surface area contributed by atoms with Crippen LogP contribution in [0.4, 0.5) is 13.2 Å². The summed E-state index contributed by atoms with van der Waals surface area (Å²) in [5.41, 5.74) is 1.33. The minimum Gasteiger partial charge on any atom is -0.475 e. The van der Waals surface area contributed by atoms with Gasteiger partial charge in [-0.05, 0) is 38.9 Å². The Labute approximate surface area is 156 Å². The van der Waals surface area contributed by atoms with E-state index in [1.807, 2.05) is 11.8 Å². The number of halogens is 3. The summed E-state index contributed by atoms with van der Waals surface area (Å²) in [6.45, 7) is 7.45. The number of carboxylic acids is 1. The van der Waals surface area contributed by atoms with Crippen molar-refractivity contribution in [3.05, 3.63) is 29.8 Å². The zero-order valence-corrected chi connectivity index (χ0v) is 16.1. The van der Waals surface area contributed by atoms with Crippen molar-refractivity contribution in [1.29, 1.82) is 0 Å². The van der Waals surface area contributed by atoms with Gasteiger partial charge in [0.25, 0.3) is 0 Å². The minimum atomic E-state index is -5.08. The van der Waals surface area contributed by atoms with E-state index in [0.29, 0.717) is 11.3 Å². The van der Waals surface area contributed by atoms with Gasteiger partial charge < -0.3 is 14.7 Å². The first-order valence-corrected chi connectivity index (χ1v) is 9.29. The summed E-state index contributed by atoms with van der Waals surface area (Å²) in [6, 6.07) is 9.54. The van der Waals surface area contributed by atoms with E-state index in [2.05, 4.69) is 50.1 Å². The average Bonchev–Trinajstić information content (AvgIpc) is 2.57. The molecule has 8 heteroatoms. The average molecular weight is 393 g/mol. The van der Waals surface area contributed by atoms with Crippen molar-refractivity contribution in [3.8, 4) is 0 Å². The number of alkyl halides is 3. The van der Waals surface area contributed by atoms with Crippen LogP contribution < -0.4 is 0 Å². The summed E-state index contributed by atoms with van der Waals surface area (Å²) < 4.78 is 37.2. The molecule has 1 N–H and O–H groups in total. The van der Waals surface area contributed by atoms with Crippen LogP contribution >= 0.6 is 11.8 Å². The zero-order valence-electron chi connectivity index (χ0n) is 15.3. The molecule has 0 bridgehead atoms. The number of nitrogens with zero attached hydrogens (tertiary/aromatic N) is 1. The normalized spacial score (nSPS) is 16.7. The predicted octanol–water partition coefficient (Wildman–Crippen LogP) is 4.22. The van der Waals surface area contributed by atoms with Crippen molar-refractivity contribution in [1.82, 2.24) is 4.90 Å². The molecule has 1 aliphatic rings. The van der Waals surface area contributed by atoms with Gasteiger partial charge in [-0.2, -0.15) is 13.2 Å². The Bertz CT molecular complexity index is 546. The van der Waals surface area contributed by atoms with Gasteiger partial charge in [-0.1, -0.05) is 24.6 Å². The van der Waals surface area contributed by atoms with Gasteiger partial charge >= 0.3 is 12.1 Å². The van der Waals surface area contributed by atoms with Gasteiger partial charge in [0.05, 0.1) is 0 Å². The molecular formula is C18H26F3NO3S. The molecule has 148 valence electrons. The molecule has 1 atom stereocenters. The molecule has 4 nitrogen and oxygen atoms in total. The first-order chi connectivity index (χ1) is 12.1. The van der Waals surface area contributed by atoms with Crippen molar-refractivity contribution in [2.45, 2.75) is 49.1 Å². The van der Waals surface area contributed by atoms with Crippen molar-refractivity contribution in [2.24, 2.45) is 0 Å². The molecule has 0 spiro atoms. The smallest absolute Gasteiger partial charge is 0.475 e. The van der Waals surface area contributed by atoms with Crippen LogP contribution in [0.3, 0.4) is 0 Å². The molecule has 1 aromatic carbocycles. The van der Waals surface area contributed by atoms with Gasteiger partial charge in [0.2, 0.25) is 0 Å². The second kappa shape index (κ2) is 10.8. The van der Waals surface area contributed by atoms with E-state index >= 15 is 0 Å². The van der Waals surface area contributed by atoms with Gasteiger partial charge in [0.1, 0.15) is 0 Å². The quantitative estimate of drug-likeness (QED) is 0.759. The van der Waals surface area contributed by atoms with Gasteiger partial charge in [-0.25, -0.2) is 4.79 Å². The third-order valence-electron chi connectivity index (χ3n) is 3.96. The van der Waals surface area contributed by atoms with E-state index < -0.39 is 12.1 Å². The number of ether oxygens (including phenoxy) is 1. The number of aryl methyl sites for hydroxylation is 1. The summed E-state index contributed by atoms with van der Waals surface area (Å²) in [4.78, 5) is 12.8. The summed E-state index contributed by atoms with van der Waals surface area (Å²) >= 11 is 1.97. The Morgan fingerprint density at radius 1 is 1.31 bits per heavy atom. The van der Waals surface area contributed by atoms with Crippen LogP contribution in [-0.4, -0.2) is 60.3 Å². The molecule has 1 saturated heterocycles. The van der Waals surface area contributed by atoms with Crippen LogP contribution in [0, 0.1) is 6.92 Å². The van der Waals surface area contributed by atoms with Crippen LogP contribution in [0.1, 0.15) is 25.3 Å². The molecule has 0 saturated carbocycles. The number of carbonyl (C=O) groups is 1. The lowest BCUT2D eigenvalue weighted by atomic mass is 10.1. The number of hydrogen-bond donors (Lipinski definition) is 1. The number of hydrogen-bond acceptors (Lipinski definition) is 4. The number of carboxylic acid groups (broad SMARTS) is 1. The molecule has 26 heavy (non-hydrogen) atoms. The summed E-state index contributed by atoms with van der Waals surface area (Å²) in [5, 5.41) is 7.75. The SMILES string of the molecule is Cc1ccc(SC(C)CN(C)C2CCOCC2)cc1.O=C(O)C(F)(F)F. The minimum absolute atomic E-state index is 0.621. The lowest BCUT2D eigenvalue weighted by Crippen LogP contribution is -2.39. The molecule has 1 heterocycles. The van der Waals surface area contributed by atoms with Crippen LogP contribution in [0.15, 0.2) is 29.2 Å². The molecule has 1 fully saturated rings. The summed E-state index contributed by atoms with van der Waals surface area (Å²) in [5.74, 6) is -2.76. The van der Waals surface area contributed by atoms with Crippen LogP contribution in [0.25, 0.3) is 0 Å². The van der Waals surface area contributed by atoms with Gasteiger partial charge in [0, 0.05) is 35.9 Å². The fourth-order valence-corrected chi connectivity index (χ4v) is 3.63. The lowest BCUT2D eigenvalue weighted by molar-refractivity contribution is -0.192. The highest BCUT2D eigenvalue weighted by atomic mass is 32.2. The van der Waals surface area contributed by atoms with Gasteiger partial charge in [0.15, 0.2) is 0 Å².